The molecule has 2 heteroatoms. The molecule has 3 aromatic carbocycles. The van der Waals surface area contributed by atoms with E-state index in [-0.39, 0.29) is 5.92 Å². The van der Waals surface area contributed by atoms with E-state index in [9.17, 15) is 10.2 Å². The molecule has 2 nitrogen and oxygen atoms in total. The van der Waals surface area contributed by atoms with E-state index in [0.29, 0.717) is 0 Å². The molecule has 106 valence electrons. The van der Waals surface area contributed by atoms with Crippen LogP contribution in [0.4, 0.5) is 0 Å². The summed E-state index contributed by atoms with van der Waals surface area (Å²) in [6.45, 7) is 0. The predicted molar refractivity (Wildman–Crippen MR) is 85.4 cm³/mol. The smallest absolute Gasteiger partial charge is 0.158 e. The molecule has 0 amide bonds. The quantitative estimate of drug-likeness (QED) is 0.526. The molecule has 21 heavy (non-hydrogen) atoms. The number of benzene rings is 3. The Labute approximate surface area is 123 Å². The fourth-order valence-corrected chi connectivity index (χ4v) is 3.76. The molecular formula is C19H18O2. The monoisotopic (exact) mass is 278 g/mol. The molecule has 0 spiro atoms. The van der Waals surface area contributed by atoms with E-state index < -0.39 is 6.29 Å². The van der Waals surface area contributed by atoms with Crippen LogP contribution in [0, 0.1) is 0 Å². The average molecular weight is 278 g/mol. The van der Waals surface area contributed by atoms with Crippen LogP contribution in [-0.4, -0.2) is 16.5 Å². The van der Waals surface area contributed by atoms with E-state index in [1.54, 1.807) is 0 Å². The van der Waals surface area contributed by atoms with Gasteiger partial charge in [0.1, 0.15) is 0 Å². The third-order valence-corrected chi connectivity index (χ3v) is 4.78. The lowest BCUT2D eigenvalue weighted by molar-refractivity contribution is -0.0636. The van der Waals surface area contributed by atoms with Crippen LogP contribution in [0.3, 0.4) is 0 Å². The van der Waals surface area contributed by atoms with Gasteiger partial charge in [-0.05, 0) is 51.9 Å². The van der Waals surface area contributed by atoms with E-state index in [0.717, 1.165) is 24.8 Å². The fraction of sp³-hybridized carbons (Fsp3) is 0.263. The van der Waals surface area contributed by atoms with Crippen LogP contribution in [0.25, 0.3) is 21.5 Å². The Balaban J connectivity index is 2.04. The Hall–Kier alpha value is -1.90. The first-order valence-corrected chi connectivity index (χ1v) is 7.55. The van der Waals surface area contributed by atoms with Gasteiger partial charge in [-0.3, -0.25) is 0 Å². The molecule has 0 saturated carbocycles. The second-order valence-electron chi connectivity index (χ2n) is 5.93. The number of aliphatic hydroxyl groups excluding tert-OH is 1. The molecule has 0 saturated heterocycles. The molecule has 0 fully saturated rings. The van der Waals surface area contributed by atoms with Gasteiger partial charge in [0.05, 0.1) is 0 Å². The minimum Gasteiger partial charge on any atom is -0.368 e. The highest BCUT2D eigenvalue weighted by molar-refractivity contribution is 6.08. The van der Waals surface area contributed by atoms with Gasteiger partial charge in [-0.2, -0.15) is 0 Å². The van der Waals surface area contributed by atoms with E-state index in [4.69, 9.17) is 0 Å². The van der Waals surface area contributed by atoms with Gasteiger partial charge >= 0.3 is 0 Å². The van der Waals surface area contributed by atoms with Crippen molar-refractivity contribution >= 4 is 21.5 Å². The summed E-state index contributed by atoms with van der Waals surface area (Å²) in [7, 11) is 0. The standard InChI is InChI=1S/C19H18O2/c20-19(21)18-7-3-6-14-16-9-8-12-4-1-2-5-13(12)15(16)10-11-17(14)18/h1-2,4-5,8-11,18-21H,3,6-7H2. The Morgan fingerprint density at radius 2 is 1.67 bits per heavy atom. The van der Waals surface area contributed by atoms with Crippen LogP contribution in [0.15, 0.2) is 48.5 Å². The van der Waals surface area contributed by atoms with E-state index in [2.05, 4.69) is 48.5 Å². The summed E-state index contributed by atoms with van der Waals surface area (Å²) in [6.07, 6.45) is 1.63. The summed E-state index contributed by atoms with van der Waals surface area (Å²) in [4.78, 5) is 0. The van der Waals surface area contributed by atoms with Gasteiger partial charge in [0.25, 0.3) is 0 Å². The maximum absolute atomic E-state index is 9.62. The Morgan fingerprint density at radius 1 is 0.857 bits per heavy atom. The van der Waals surface area contributed by atoms with Crippen molar-refractivity contribution in [2.75, 3.05) is 0 Å². The van der Waals surface area contributed by atoms with Crippen molar-refractivity contribution < 1.29 is 10.2 Å². The molecule has 1 unspecified atom stereocenters. The molecule has 0 heterocycles. The Kier molecular flexibility index (Phi) is 2.95. The lowest BCUT2D eigenvalue weighted by Crippen LogP contribution is -2.22. The predicted octanol–water partition coefficient (Wildman–Crippen LogP) is 3.72. The summed E-state index contributed by atoms with van der Waals surface area (Å²) in [6, 6.07) is 17.0. The molecule has 0 aliphatic heterocycles. The van der Waals surface area contributed by atoms with Crippen molar-refractivity contribution in [3.63, 3.8) is 0 Å². The molecular weight excluding hydrogens is 260 g/mol. The van der Waals surface area contributed by atoms with Crippen molar-refractivity contribution in [3.05, 3.63) is 59.7 Å². The highest BCUT2D eigenvalue weighted by Gasteiger charge is 2.26. The Bertz CT molecular complexity index is 820. The number of aryl methyl sites for hydroxylation is 1. The molecule has 3 aromatic rings. The highest BCUT2D eigenvalue weighted by atomic mass is 16.5. The number of hydrogen-bond donors (Lipinski definition) is 2. The van der Waals surface area contributed by atoms with Crippen molar-refractivity contribution in [1.82, 2.24) is 0 Å². The Morgan fingerprint density at radius 3 is 2.52 bits per heavy atom. The SMILES string of the molecule is OC(O)C1CCCc2c1ccc1c2ccc2ccccc21. The van der Waals surface area contributed by atoms with Gasteiger partial charge in [-0.15, -0.1) is 0 Å². The van der Waals surface area contributed by atoms with Gasteiger partial charge in [-0.25, -0.2) is 0 Å². The minimum atomic E-state index is -1.26. The van der Waals surface area contributed by atoms with Gasteiger partial charge in [-0.1, -0.05) is 48.5 Å². The fourth-order valence-electron chi connectivity index (χ4n) is 3.76. The number of hydrogen-bond acceptors (Lipinski definition) is 2. The summed E-state index contributed by atoms with van der Waals surface area (Å²) in [5.74, 6) is -0.148. The zero-order chi connectivity index (χ0) is 14.4. The van der Waals surface area contributed by atoms with Crippen molar-refractivity contribution in [1.29, 1.82) is 0 Å². The second-order valence-corrected chi connectivity index (χ2v) is 5.93. The van der Waals surface area contributed by atoms with Crippen molar-refractivity contribution in [2.24, 2.45) is 0 Å². The van der Waals surface area contributed by atoms with Crippen LogP contribution in [0.5, 0.6) is 0 Å². The van der Waals surface area contributed by atoms with Crippen LogP contribution in [0.1, 0.15) is 29.9 Å². The molecule has 1 atom stereocenters. The molecule has 0 radical (unpaired) electrons. The minimum absolute atomic E-state index is 0.148. The van der Waals surface area contributed by atoms with Gasteiger partial charge in [0.2, 0.25) is 0 Å². The van der Waals surface area contributed by atoms with Crippen LogP contribution >= 0.6 is 0 Å². The largest absolute Gasteiger partial charge is 0.368 e. The number of aliphatic hydroxyl groups is 2. The summed E-state index contributed by atoms with van der Waals surface area (Å²) < 4.78 is 0. The van der Waals surface area contributed by atoms with Crippen molar-refractivity contribution in [3.8, 4) is 0 Å². The summed E-state index contributed by atoms with van der Waals surface area (Å²) in [5, 5.41) is 24.3. The molecule has 4 rings (SSSR count). The van der Waals surface area contributed by atoms with Gasteiger partial charge in [0, 0.05) is 5.92 Å². The van der Waals surface area contributed by atoms with Gasteiger partial charge < -0.3 is 10.2 Å². The lowest BCUT2D eigenvalue weighted by Gasteiger charge is -2.28. The maximum Gasteiger partial charge on any atom is 0.158 e. The van der Waals surface area contributed by atoms with Crippen molar-refractivity contribution in [2.45, 2.75) is 31.5 Å². The first-order valence-electron chi connectivity index (χ1n) is 7.55. The van der Waals surface area contributed by atoms with Gasteiger partial charge in [0.15, 0.2) is 6.29 Å². The highest BCUT2D eigenvalue weighted by Crippen LogP contribution is 2.39. The topological polar surface area (TPSA) is 40.5 Å². The van der Waals surface area contributed by atoms with Crippen LogP contribution in [0.2, 0.25) is 0 Å². The first-order chi connectivity index (χ1) is 10.3. The third-order valence-electron chi connectivity index (χ3n) is 4.78. The molecule has 0 aromatic heterocycles. The number of rotatable bonds is 1. The van der Waals surface area contributed by atoms with E-state index in [1.807, 2.05) is 0 Å². The molecule has 1 aliphatic rings. The molecule has 2 N–H and O–H groups in total. The third kappa shape index (κ3) is 1.95. The maximum atomic E-state index is 9.62. The van der Waals surface area contributed by atoms with Crippen LogP contribution < -0.4 is 0 Å². The van der Waals surface area contributed by atoms with Crippen LogP contribution in [-0.2, 0) is 6.42 Å². The molecule has 1 aliphatic carbocycles. The first kappa shape index (κ1) is 12.8. The second kappa shape index (κ2) is 4.83. The average Bonchev–Trinajstić information content (AvgIpc) is 2.53. The summed E-state index contributed by atoms with van der Waals surface area (Å²) >= 11 is 0. The lowest BCUT2D eigenvalue weighted by atomic mass is 9.79. The summed E-state index contributed by atoms with van der Waals surface area (Å²) in [5.41, 5.74) is 2.40. The van der Waals surface area contributed by atoms with E-state index >= 15 is 0 Å². The van der Waals surface area contributed by atoms with E-state index in [1.165, 1.54) is 27.1 Å². The zero-order valence-corrected chi connectivity index (χ0v) is 11.8. The number of fused-ring (bicyclic) bond motifs is 5. The molecule has 0 bridgehead atoms. The zero-order valence-electron chi connectivity index (χ0n) is 11.8. The normalized spacial score (nSPS) is 18.3.